The quantitative estimate of drug-likeness (QED) is 0.827. The Bertz CT molecular complexity index is 272. The van der Waals surface area contributed by atoms with E-state index < -0.39 is 0 Å². The zero-order valence-corrected chi connectivity index (χ0v) is 11.9. The molecule has 0 radical (unpaired) electrons. The first kappa shape index (κ1) is 12.9. The second-order valence-electron chi connectivity index (χ2n) is 6.80. The minimum Gasteiger partial charge on any atom is -0.375 e. The van der Waals surface area contributed by atoms with Gasteiger partial charge in [0.25, 0.3) is 0 Å². The van der Waals surface area contributed by atoms with Crippen molar-refractivity contribution in [2.75, 3.05) is 19.7 Å². The molecule has 1 spiro atoms. The predicted molar refractivity (Wildman–Crippen MR) is 74.6 cm³/mol. The molecule has 18 heavy (non-hydrogen) atoms. The van der Waals surface area contributed by atoms with Gasteiger partial charge in [0, 0.05) is 6.61 Å². The highest BCUT2D eigenvalue weighted by molar-refractivity contribution is 4.96. The van der Waals surface area contributed by atoms with Crippen molar-refractivity contribution in [3.8, 4) is 0 Å². The van der Waals surface area contributed by atoms with Gasteiger partial charge >= 0.3 is 0 Å². The summed E-state index contributed by atoms with van der Waals surface area (Å²) in [6.07, 6.45) is 11.1. The molecule has 1 saturated heterocycles. The van der Waals surface area contributed by atoms with E-state index in [0.717, 1.165) is 30.9 Å². The molecule has 1 N–H and O–H groups in total. The van der Waals surface area contributed by atoms with Crippen LogP contribution < -0.4 is 5.32 Å². The van der Waals surface area contributed by atoms with E-state index in [4.69, 9.17) is 4.74 Å². The van der Waals surface area contributed by atoms with Crippen LogP contribution in [0.4, 0.5) is 0 Å². The molecule has 2 saturated carbocycles. The van der Waals surface area contributed by atoms with Crippen molar-refractivity contribution in [3.63, 3.8) is 0 Å². The van der Waals surface area contributed by atoms with Gasteiger partial charge in [0.05, 0.1) is 5.60 Å². The van der Waals surface area contributed by atoms with Crippen molar-refractivity contribution < 1.29 is 4.74 Å². The smallest absolute Gasteiger partial charge is 0.0685 e. The molecule has 1 aliphatic heterocycles. The Morgan fingerprint density at radius 2 is 2.00 bits per heavy atom. The average molecular weight is 251 g/mol. The number of nitrogens with one attached hydrogen (secondary N) is 1. The molecular formula is C16H29NO. The highest BCUT2D eigenvalue weighted by Crippen LogP contribution is 2.49. The van der Waals surface area contributed by atoms with Gasteiger partial charge in [-0.2, -0.15) is 0 Å². The van der Waals surface area contributed by atoms with Gasteiger partial charge in [-0.25, -0.2) is 0 Å². The Hall–Kier alpha value is -0.0800. The van der Waals surface area contributed by atoms with Gasteiger partial charge in [0.1, 0.15) is 0 Å². The lowest BCUT2D eigenvalue weighted by atomic mass is 9.63. The van der Waals surface area contributed by atoms with Crippen LogP contribution >= 0.6 is 0 Å². The van der Waals surface area contributed by atoms with E-state index >= 15 is 0 Å². The molecule has 3 rings (SSSR count). The molecule has 0 aromatic heterocycles. The summed E-state index contributed by atoms with van der Waals surface area (Å²) < 4.78 is 6.18. The van der Waals surface area contributed by atoms with Gasteiger partial charge in [-0.05, 0) is 69.4 Å². The highest BCUT2D eigenvalue weighted by Gasteiger charge is 2.45. The molecule has 3 aliphatic rings. The SMILES string of the molecule is CCNCC1CCC1C1CCOC2(CCCC2)C1. The monoisotopic (exact) mass is 251 g/mol. The largest absolute Gasteiger partial charge is 0.375 e. The molecule has 2 aliphatic carbocycles. The lowest BCUT2D eigenvalue weighted by molar-refractivity contribution is -0.114. The molecule has 1 heterocycles. The second kappa shape index (κ2) is 5.50. The minimum atomic E-state index is 0.321. The molecule has 0 aromatic carbocycles. The third kappa shape index (κ3) is 2.46. The fourth-order valence-corrected chi connectivity index (χ4v) is 4.60. The summed E-state index contributed by atoms with van der Waals surface area (Å²) in [4.78, 5) is 0. The van der Waals surface area contributed by atoms with Gasteiger partial charge < -0.3 is 10.1 Å². The number of rotatable bonds is 4. The summed E-state index contributed by atoms with van der Waals surface area (Å²) in [6.45, 7) is 5.64. The summed E-state index contributed by atoms with van der Waals surface area (Å²) in [7, 11) is 0. The Morgan fingerprint density at radius 3 is 2.67 bits per heavy atom. The fraction of sp³-hybridized carbons (Fsp3) is 1.00. The molecular weight excluding hydrogens is 222 g/mol. The topological polar surface area (TPSA) is 21.3 Å². The van der Waals surface area contributed by atoms with Crippen molar-refractivity contribution in [2.45, 2.75) is 63.9 Å². The molecule has 2 heteroatoms. The summed E-state index contributed by atoms with van der Waals surface area (Å²) in [6, 6.07) is 0. The molecule has 3 fully saturated rings. The summed E-state index contributed by atoms with van der Waals surface area (Å²) in [5.41, 5.74) is 0.321. The first-order valence-corrected chi connectivity index (χ1v) is 8.18. The lowest BCUT2D eigenvalue weighted by Crippen LogP contribution is -2.45. The van der Waals surface area contributed by atoms with Crippen molar-refractivity contribution >= 4 is 0 Å². The third-order valence-electron chi connectivity index (χ3n) is 5.78. The van der Waals surface area contributed by atoms with E-state index in [1.807, 2.05) is 0 Å². The maximum Gasteiger partial charge on any atom is 0.0685 e. The van der Waals surface area contributed by atoms with Crippen LogP contribution in [0.25, 0.3) is 0 Å². The van der Waals surface area contributed by atoms with Gasteiger partial charge in [-0.3, -0.25) is 0 Å². The molecule has 0 aromatic rings. The molecule has 0 amide bonds. The molecule has 0 bridgehead atoms. The van der Waals surface area contributed by atoms with Crippen LogP contribution in [0.15, 0.2) is 0 Å². The number of hydrogen-bond acceptors (Lipinski definition) is 2. The van der Waals surface area contributed by atoms with Crippen LogP contribution in [0.1, 0.15) is 58.3 Å². The van der Waals surface area contributed by atoms with Crippen LogP contribution in [0.5, 0.6) is 0 Å². The second-order valence-corrected chi connectivity index (χ2v) is 6.80. The van der Waals surface area contributed by atoms with Crippen molar-refractivity contribution in [3.05, 3.63) is 0 Å². The van der Waals surface area contributed by atoms with E-state index in [0.29, 0.717) is 5.60 Å². The zero-order valence-electron chi connectivity index (χ0n) is 11.9. The summed E-state index contributed by atoms with van der Waals surface area (Å²) in [5, 5.41) is 3.55. The fourth-order valence-electron chi connectivity index (χ4n) is 4.60. The van der Waals surface area contributed by atoms with Crippen LogP contribution in [-0.2, 0) is 4.74 Å². The van der Waals surface area contributed by atoms with Crippen LogP contribution in [0.3, 0.4) is 0 Å². The Morgan fingerprint density at radius 1 is 1.17 bits per heavy atom. The Balaban J connectivity index is 1.55. The third-order valence-corrected chi connectivity index (χ3v) is 5.78. The zero-order chi connectivity index (χ0) is 12.4. The Labute approximate surface area is 112 Å². The van der Waals surface area contributed by atoms with E-state index in [-0.39, 0.29) is 0 Å². The van der Waals surface area contributed by atoms with Gasteiger partial charge in [0.2, 0.25) is 0 Å². The first-order valence-electron chi connectivity index (χ1n) is 8.18. The Kier molecular flexibility index (Phi) is 3.95. The average Bonchev–Trinajstić information content (AvgIpc) is 2.76. The van der Waals surface area contributed by atoms with Gasteiger partial charge in [-0.15, -0.1) is 0 Å². The van der Waals surface area contributed by atoms with E-state index in [1.54, 1.807) is 0 Å². The first-order chi connectivity index (χ1) is 8.83. The summed E-state index contributed by atoms with van der Waals surface area (Å²) >= 11 is 0. The van der Waals surface area contributed by atoms with E-state index in [2.05, 4.69) is 12.2 Å². The highest BCUT2D eigenvalue weighted by atomic mass is 16.5. The molecule has 104 valence electrons. The molecule has 2 nitrogen and oxygen atoms in total. The van der Waals surface area contributed by atoms with Crippen molar-refractivity contribution in [1.29, 1.82) is 0 Å². The number of hydrogen-bond donors (Lipinski definition) is 1. The number of ether oxygens (including phenoxy) is 1. The van der Waals surface area contributed by atoms with Crippen LogP contribution in [0, 0.1) is 17.8 Å². The van der Waals surface area contributed by atoms with E-state index in [9.17, 15) is 0 Å². The van der Waals surface area contributed by atoms with Crippen molar-refractivity contribution in [1.82, 2.24) is 5.32 Å². The molecule has 3 atom stereocenters. The van der Waals surface area contributed by atoms with Crippen molar-refractivity contribution in [2.24, 2.45) is 17.8 Å². The maximum absolute atomic E-state index is 6.18. The normalized spacial score (nSPS) is 38.8. The molecule has 3 unspecified atom stereocenters. The van der Waals surface area contributed by atoms with Crippen LogP contribution in [0.2, 0.25) is 0 Å². The minimum absolute atomic E-state index is 0.321. The van der Waals surface area contributed by atoms with Gasteiger partial charge in [0.15, 0.2) is 0 Å². The predicted octanol–water partition coefficient (Wildman–Crippen LogP) is 3.36. The van der Waals surface area contributed by atoms with Gasteiger partial charge in [-0.1, -0.05) is 19.8 Å². The van der Waals surface area contributed by atoms with Crippen LogP contribution in [-0.4, -0.2) is 25.3 Å². The van der Waals surface area contributed by atoms with E-state index in [1.165, 1.54) is 57.9 Å². The standard InChI is InChI=1S/C16H29NO/c1-2-17-12-14-5-6-15(14)13-7-10-18-16(11-13)8-3-4-9-16/h13-15,17H,2-12H2,1H3. The maximum atomic E-state index is 6.18. The summed E-state index contributed by atoms with van der Waals surface area (Å²) in [5.74, 6) is 2.94. The lowest BCUT2D eigenvalue weighted by Gasteiger charge is -2.48.